The van der Waals surface area contributed by atoms with Crippen molar-refractivity contribution in [2.24, 2.45) is 0 Å². The van der Waals surface area contributed by atoms with Crippen LogP contribution >= 0.6 is 0 Å². The van der Waals surface area contributed by atoms with Gasteiger partial charge in [0, 0.05) is 0 Å². The fraction of sp³-hybridized carbons (Fsp3) is 0.0714. The van der Waals surface area contributed by atoms with E-state index in [1.54, 1.807) is 37.4 Å². The van der Waals surface area contributed by atoms with Gasteiger partial charge in [-0.25, -0.2) is 0 Å². The Morgan fingerprint density at radius 1 is 1.13 bits per heavy atom. The van der Waals surface area contributed by atoms with Crippen molar-refractivity contribution in [2.75, 3.05) is 7.11 Å². The van der Waals surface area contributed by atoms with Crippen LogP contribution < -0.4 is 7.55 Å². The first-order valence-corrected chi connectivity index (χ1v) is 8.70. The van der Waals surface area contributed by atoms with Crippen molar-refractivity contribution >= 4 is 46.9 Å². The second-order valence-electron chi connectivity index (χ2n) is 4.48. The number of phenolic OH excluding ortho intramolecular Hbond substituents is 1. The van der Waals surface area contributed by atoms with Gasteiger partial charge in [0.25, 0.3) is 0 Å². The van der Waals surface area contributed by atoms with Crippen LogP contribution in [0.5, 0.6) is 11.5 Å². The molecule has 0 aromatic heterocycles. The van der Waals surface area contributed by atoms with Gasteiger partial charge in [0.05, 0.1) is 0 Å². The molecule has 0 aliphatic carbocycles. The minimum Gasteiger partial charge on any atom is -0.264 e. The Hall–Kier alpha value is -1.42. The minimum absolute atomic E-state index is 0.0414. The first-order valence-electron chi connectivity index (χ1n) is 6.30. The molecule has 0 fully saturated rings. The summed E-state index contributed by atoms with van der Waals surface area (Å²) in [4.78, 5) is 12.2. The molecule has 0 saturated heterocycles. The summed E-state index contributed by atoms with van der Waals surface area (Å²) in [5.74, 6) is 0.414. The van der Waals surface area contributed by atoms with Gasteiger partial charge in [-0.1, -0.05) is 0 Å². The second kappa shape index (κ2) is 8.44. The Kier molecular flexibility index (Phi) is 7.20. The quantitative estimate of drug-likeness (QED) is 0.425. The number of phenols is 1. The SMILES string of the molecule is COc1cc(O)c(C(=O)c2ccccc2)c[c]1[Na].O=S(=O)(O)O. The molecule has 118 valence electrons. The van der Waals surface area contributed by atoms with E-state index < -0.39 is 10.4 Å². The standard InChI is InChI=1S/C14H11O3.Na.H2O4S/c1-17-11-7-8-12(13(15)9-11)14(16)10-5-3-2-4-6-10;;1-5(2,3)4/h2-6,8-9,15H,1H3;;(H2,1,2,3,4). The third kappa shape index (κ3) is 6.69. The summed E-state index contributed by atoms with van der Waals surface area (Å²) < 4.78 is 37.7. The third-order valence-electron chi connectivity index (χ3n) is 2.79. The summed E-state index contributed by atoms with van der Waals surface area (Å²) in [6, 6.07) is 12.1. The van der Waals surface area contributed by atoms with Crippen LogP contribution in [0.15, 0.2) is 42.5 Å². The van der Waals surface area contributed by atoms with E-state index in [1.807, 2.05) is 6.07 Å². The summed E-state index contributed by atoms with van der Waals surface area (Å²) >= 11 is 0.751. The summed E-state index contributed by atoms with van der Waals surface area (Å²) in [5.41, 5.74) is 0.894. The first kappa shape index (κ1) is 19.6. The summed E-state index contributed by atoms with van der Waals surface area (Å²) in [5, 5.41) is 9.89. The van der Waals surface area contributed by atoms with Crippen LogP contribution in [0.2, 0.25) is 0 Å². The number of ether oxygens (including phenoxy) is 1. The molecule has 0 amide bonds. The zero-order valence-electron chi connectivity index (χ0n) is 12.4. The molecule has 0 spiro atoms. The predicted molar refractivity (Wildman–Crippen MR) is 84.1 cm³/mol. The normalized spacial score (nSPS) is 10.5. The smallest absolute Gasteiger partial charge is 0.264 e. The molecule has 9 heteroatoms. The van der Waals surface area contributed by atoms with Crippen molar-refractivity contribution < 1.29 is 32.2 Å². The van der Waals surface area contributed by atoms with E-state index in [1.165, 1.54) is 6.07 Å². The van der Waals surface area contributed by atoms with Crippen LogP contribution in [0, 0.1) is 0 Å². The number of aromatic hydroxyl groups is 1. The molecule has 2 rings (SSSR count). The van der Waals surface area contributed by atoms with Crippen molar-refractivity contribution in [1.82, 2.24) is 0 Å². The van der Waals surface area contributed by atoms with E-state index >= 15 is 0 Å². The number of carbonyl (C=O) groups excluding carboxylic acids is 1. The average molecular weight is 348 g/mol. The maximum absolute atomic E-state index is 12.2. The molecule has 0 aliphatic heterocycles. The van der Waals surface area contributed by atoms with Gasteiger partial charge >= 0.3 is 134 Å². The van der Waals surface area contributed by atoms with E-state index in [9.17, 15) is 9.90 Å². The molecule has 0 unspecified atom stereocenters. The molecule has 2 aromatic carbocycles. The number of benzene rings is 2. The van der Waals surface area contributed by atoms with Crippen LogP contribution in [0.1, 0.15) is 15.9 Å². The van der Waals surface area contributed by atoms with Gasteiger partial charge in [0.15, 0.2) is 0 Å². The summed E-state index contributed by atoms with van der Waals surface area (Å²) in [7, 11) is -3.12. The number of methoxy groups -OCH3 is 1. The molecule has 0 heterocycles. The van der Waals surface area contributed by atoms with Gasteiger partial charge in [0.2, 0.25) is 0 Å². The van der Waals surface area contributed by atoms with Gasteiger partial charge < -0.3 is 0 Å². The topological polar surface area (TPSA) is 121 Å². The number of rotatable bonds is 3. The first-order chi connectivity index (χ1) is 10.6. The molecule has 23 heavy (non-hydrogen) atoms. The Balaban J connectivity index is 0.000000463. The zero-order chi connectivity index (χ0) is 17.6. The monoisotopic (exact) mass is 348 g/mol. The van der Waals surface area contributed by atoms with E-state index in [2.05, 4.69) is 0 Å². The molecular formula is C14H13NaO7S. The van der Waals surface area contributed by atoms with E-state index in [0.29, 0.717) is 16.9 Å². The Morgan fingerprint density at radius 2 is 1.65 bits per heavy atom. The van der Waals surface area contributed by atoms with Crippen LogP contribution in [-0.4, -0.2) is 63.5 Å². The summed E-state index contributed by atoms with van der Waals surface area (Å²) in [6.45, 7) is 0. The Bertz CT molecular complexity index is 780. The zero-order valence-corrected chi connectivity index (χ0v) is 15.2. The Labute approximate surface area is 150 Å². The van der Waals surface area contributed by atoms with Crippen molar-refractivity contribution in [2.45, 2.75) is 0 Å². The van der Waals surface area contributed by atoms with Crippen molar-refractivity contribution in [3.63, 3.8) is 0 Å². The molecule has 0 saturated carbocycles. The molecular weight excluding hydrogens is 335 g/mol. The van der Waals surface area contributed by atoms with E-state index in [-0.39, 0.29) is 11.5 Å². The second-order valence-corrected chi connectivity index (χ2v) is 6.45. The van der Waals surface area contributed by atoms with Crippen molar-refractivity contribution in [3.8, 4) is 11.5 Å². The maximum Gasteiger partial charge on any atom is 0.394 e. The van der Waals surface area contributed by atoms with Gasteiger partial charge in [-0.3, -0.25) is 9.11 Å². The van der Waals surface area contributed by atoms with Crippen LogP contribution in [-0.2, 0) is 10.4 Å². The average Bonchev–Trinajstić information content (AvgIpc) is 2.47. The number of ketones is 1. The van der Waals surface area contributed by atoms with Gasteiger partial charge in [0.1, 0.15) is 0 Å². The van der Waals surface area contributed by atoms with Crippen LogP contribution in [0.4, 0.5) is 0 Å². The molecule has 3 N–H and O–H groups in total. The fourth-order valence-corrected chi connectivity index (χ4v) is 2.46. The fourth-order valence-electron chi connectivity index (χ4n) is 1.82. The number of hydrogen-bond acceptors (Lipinski definition) is 5. The molecule has 0 radical (unpaired) electrons. The van der Waals surface area contributed by atoms with Crippen molar-refractivity contribution in [3.05, 3.63) is 53.6 Å². The van der Waals surface area contributed by atoms with Gasteiger partial charge in [-0.15, -0.1) is 0 Å². The number of hydrogen-bond donors (Lipinski definition) is 3. The molecule has 0 bridgehead atoms. The maximum atomic E-state index is 12.2. The largest absolute Gasteiger partial charge is 0.394 e. The van der Waals surface area contributed by atoms with Gasteiger partial charge in [-0.05, 0) is 0 Å². The molecule has 0 atom stereocenters. The summed E-state index contributed by atoms with van der Waals surface area (Å²) in [6.07, 6.45) is 0. The van der Waals surface area contributed by atoms with Crippen molar-refractivity contribution in [1.29, 1.82) is 0 Å². The van der Waals surface area contributed by atoms with E-state index in [4.69, 9.17) is 22.3 Å². The predicted octanol–water partition coefficient (Wildman–Crippen LogP) is 0.773. The van der Waals surface area contributed by atoms with E-state index in [0.717, 1.165) is 30.7 Å². The van der Waals surface area contributed by atoms with Crippen LogP contribution in [0.25, 0.3) is 0 Å². The van der Waals surface area contributed by atoms with Gasteiger partial charge in [-0.2, -0.15) is 8.42 Å². The third-order valence-corrected chi connectivity index (χ3v) is 3.58. The minimum atomic E-state index is -4.67. The molecule has 7 nitrogen and oxygen atoms in total. The molecule has 2 aromatic rings. The van der Waals surface area contributed by atoms with Crippen LogP contribution in [0.3, 0.4) is 0 Å². The molecule has 0 aliphatic rings. The Morgan fingerprint density at radius 3 is 2.13 bits per heavy atom. The number of carbonyl (C=O) groups is 1.